The molecule has 0 radical (unpaired) electrons. The summed E-state index contributed by atoms with van der Waals surface area (Å²) in [7, 11) is 0. The fraction of sp³-hybridized carbons (Fsp3) is 0.333. The van der Waals surface area contributed by atoms with Crippen molar-refractivity contribution < 1.29 is 9.59 Å². The van der Waals surface area contributed by atoms with Crippen molar-refractivity contribution in [1.82, 2.24) is 20.6 Å². The molecule has 1 aromatic heterocycles. The Labute approximate surface area is 95.6 Å². The molecule has 5 N–H and O–H groups in total. The molecule has 2 rings (SSSR count). The number of nitrogens with two attached hydrogens (primary N) is 1. The molecule has 1 fully saturated rings. The lowest BCUT2D eigenvalue weighted by Crippen LogP contribution is -2.67. The van der Waals surface area contributed by atoms with Gasteiger partial charge in [0.2, 0.25) is 5.91 Å². The molecule has 1 aromatic rings. The van der Waals surface area contributed by atoms with Gasteiger partial charge in [0.15, 0.2) is 0 Å². The number of imide groups is 1. The zero-order chi connectivity index (χ0) is 12.6. The first-order valence-electron chi connectivity index (χ1n) is 4.87. The monoisotopic (exact) mass is 237 g/mol. The second-order valence-corrected chi connectivity index (χ2v) is 3.97. The van der Waals surface area contributed by atoms with Gasteiger partial charge < -0.3 is 16.0 Å². The van der Waals surface area contributed by atoms with Gasteiger partial charge in [-0.3, -0.25) is 10.1 Å². The Kier molecular flexibility index (Phi) is 2.43. The molecule has 2 atom stereocenters. The minimum atomic E-state index is -1.35. The van der Waals surface area contributed by atoms with E-state index in [0.717, 1.165) is 0 Å². The number of nitrogens with zero attached hydrogens (tertiary/aromatic N) is 1. The molecule has 1 aliphatic heterocycles. The van der Waals surface area contributed by atoms with Crippen LogP contribution in [0.5, 0.6) is 0 Å². The Morgan fingerprint density at radius 1 is 1.41 bits per heavy atom. The van der Waals surface area contributed by atoms with Crippen LogP contribution < -0.4 is 22.1 Å². The highest BCUT2D eigenvalue weighted by Gasteiger charge is 2.44. The fourth-order valence-electron chi connectivity index (χ4n) is 1.64. The molecule has 3 amide bonds. The highest BCUT2D eigenvalue weighted by Crippen LogP contribution is 2.24. The van der Waals surface area contributed by atoms with E-state index in [1.54, 1.807) is 0 Å². The van der Waals surface area contributed by atoms with E-state index in [-0.39, 0.29) is 0 Å². The van der Waals surface area contributed by atoms with Crippen molar-refractivity contribution in [3.8, 4) is 0 Å². The lowest BCUT2D eigenvalue weighted by molar-refractivity contribution is -0.126. The quantitative estimate of drug-likeness (QED) is 0.465. The molecule has 0 bridgehead atoms. The second kappa shape index (κ2) is 3.67. The maximum atomic E-state index is 11.6. The summed E-state index contributed by atoms with van der Waals surface area (Å²) in [6, 6.07) is 0.0239. The molecule has 0 saturated carbocycles. The smallest absolute Gasteiger partial charge is 0.327 e. The van der Waals surface area contributed by atoms with Gasteiger partial charge in [0.25, 0.3) is 0 Å². The van der Waals surface area contributed by atoms with Crippen LogP contribution in [0.1, 0.15) is 18.7 Å². The number of aromatic amines is 1. The maximum Gasteiger partial charge on any atom is 0.345 e. The molecular weight excluding hydrogens is 226 g/mol. The Bertz CT molecular complexity index is 535. The maximum absolute atomic E-state index is 11.6. The van der Waals surface area contributed by atoms with Crippen molar-refractivity contribution in [2.24, 2.45) is 5.73 Å². The van der Waals surface area contributed by atoms with Crippen LogP contribution in [0.3, 0.4) is 0 Å². The van der Waals surface area contributed by atoms with Gasteiger partial charge in [0.05, 0.1) is 6.04 Å². The number of urea groups is 1. The van der Waals surface area contributed by atoms with Crippen molar-refractivity contribution >= 4 is 11.9 Å². The summed E-state index contributed by atoms with van der Waals surface area (Å²) in [5.41, 5.74) is 4.25. The van der Waals surface area contributed by atoms with Gasteiger partial charge in [0.1, 0.15) is 5.54 Å². The largest absolute Gasteiger partial charge is 0.345 e. The minimum absolute atomic E-state index is 0.332. The van der Waals surface area contributed by atoms with Crippen molar-refractivity contribution in [3.05, 3.63) is 28.4 Å². The average molecular weight is 237 g/mol. The van der Waals surface area contributed by atoms with E-state index in [4.69, 9.17) is 5.73 Å². The standard InChI is InChI=1S/C9H11N5O3/c1-9(10)5(13-8(17)14-6(9)15)4-2-3-11-7(16)12-4/h2-3,5H,10H2,1H3,(H,11,12,16)(H2,13,14,15,17)/t5?,9-/m1/s1. The van der Waals surface area contributed by atoms with Crippen LogP contribution in [-0.2, 0) is 4.79 Å². The minimum Gasteiger partial charge on any atom is -0.327 e. The molecule has 8 heteroatoms. The van der Waals surface area contributed by atoms with Crippen molar-refractivity contribution in [1.29, 1.82) is 0 Å². The highest BCUT2D eigenvalue weighted by molar-refractivity contribution is 6.02. The number of hydrogen-bond acceptors (Lipinski definition) is 5. The fourth-order valence-corrected chi connectivity index (χ4v) is 1.64. The van der Waals surface area contributed by atoms with Gasteiger partial charge >= 0.3 is 11.7 Å². The van der Waals surface area contributed by atoms with Crippen LogP contribution in [0.15, 0.2) is 17.1 Å². The van der Waals surface area contributed by atoms with E-state index in [9.17, 15) is 14.4 Å². The van der Waals surface area contributed by atoms with E-state index >= 15 is 0 Å². The van der Waals surface area contributed by atoms with Crippen LogP contribution in [0, 0.1) is 0 Å². The van der Waals surface area contributed by atoms with Gasteiger partial charge in [-0.15, -0.1) is 0 Å². The molecule has 0 aliphatic carbocycles. The molecule has 90 valence electrons. The van der Waals surface area contributed by atoms with E-state index in [1.807, 2.05) is 0 Å². The molecule has 8 nitrogen and oxygen atoms in total. The third-order valence-corrected chi connectivity index (χ3v) is 2.60. The van der Waals surface area contributed by atoms with Gasteiger partial charge in [-0.25, -0.2) is 14.6 Å². The molecule has 0 aromatic carbocycles. The van der Waals surface area contributed by atoms with E-state index < -0.39 is 29.2 Å². The number of carbonyl (C=O) groups excluding carboxylic acids is 2. The van der Waals surface area contributed by atoms with Gasteiger partial charge in [-0.1, -0.05) is 0 Å². The third-order valence-electron chi connectivity index (χ3n) is 2.60. The number of rotatable bonds is 1. The lowest BCUT2D eigenvalue weighted by atomic mass is 9.88. The summed E-state index contributed by atoms with van der Waals surface area (Å²) >= 11 is 0. The topological polar surface area (TPSA) is 130 Å². The Balaban J connectivity index is 2.45. The van der Waals surface area contributed by atoms with E-state index in [1.165, 1.54) is 19.2 Å². The molecule has 1 saturated heterocycles. The summed E-state index contributed by atoms with van der Waals surface area (Å²) in [4.78, 5) is 39.8. The zero-order valence-electron chi connectivity index (χ0n) is 8.98. The van der Waals surface area contributed by atoms with Crippen molar-refractivity contribution in [2.45, 2.75) is 18.5 Å². The Hall–Kier alpha value is -2.22. The molecule has 1 aliphatic rings. The molecule has 17 heavy (non-hydrogen) atoms. The lowest BCUT2D eigenvalue weighted by Gasteiger charge is -2.36. The first-order chi connectivity index (χ1) is 7.91. The number of H-pyrrole nitrogens is 1. The highest BCUT2D eigenvalue weighted by atomic mass is 16.2. The number of nitrogens with one attached hydrogen (secondary N) is 3. The zero-order valence-corrected chi connectivity index (χ0v) is 8.98. The predicted molar refractivity (Wildman–Crippen MR) is 56.9 cm³/mol. The number of amides is 3. The van der Waals surface area contributed by atoms with Crippen LogP contribution in [0.4, 0.5) is 4.79 Å². The van der Waals surface area contributed by atoms with E-state index in [2.05, 4.69) is 20.6 Å². The number of aromatic nitrogens is 2. The van der Waals surface area contributed by atoms with Gasteiger partial charge in [-0.05, 0) is 13.0 Å². The molecule has 2 heterocycles. The summed E-state index contributed by atoms with van der Waals surface area (Å²) in [5, 5.41) is 4.55. The first kappa shape index (κ1) is 11.3. The average Bonchev–Trinajstić information content (AvgIpc) is 2.24. The number of hydrogen-bond donors (Lipinski definition) is 4. The number of carbonyl (C=O) groups is 2. The van der Waals surface area contributed by atoms with E-state index in [0.29, 0.717) is 5.69 Å². The summed E-state index contributed by atoms with van der Waals surface area (Å²) in [5.74, 6) is -0.607. The Morgan fingerprint density at radius 2 is 2.12 bits per heavy atom. The van der Waals surface area contributed by atoms with Gasteiger partial charge in [-0.2, -0.15) is 0 Å². The van der Waals surface area contributed by atoms with Gasteiger partial charge in [0, 0.05) is 11.9 Å². The first-order valence-corrected chi connectivity index (χ1v) is 4.87. The normalized spacial score (nSPS) is 28.5. The summed E-state index contributed by atoms with van der Waals surface area (Å²) < 4.78 is 0. The van der Waals surface area contributed by atoms with Crippen molar-refractivity contribution in [3.63, 3.8) is 0 Å². The summed E-state index contributed by atoms with van der Waals surface area (Å²) in [6.07, 6.45) is 1.28. The third kappa shape index (κ3) is 1.89. The van der Waals surface area contributed by atoms with Crippen molar-refractivity contribution in [2.75, 3.05) is 0 Å². The summed E-state index contributed by atoms with van der Waals surface area (Å²) in [6.45, 7) is 1.46. The second-order valence-electron chi connectivity index (χ2n) is 3.97. The predicted octanol–water partition coefficient (Wildman–Crippen LogP) is -1.63. The molecule has 1 unspecified atom stereocenters. The van der Waals surface area contributed by atoms with Crippen LogP contribution in [0.2, 0.25) is 0 Å². The SMILES string of the molecule is C[C@]1(N)C(=O)NC(=O)NC1c1ccnc(=O)[nH]1. The Morgan fingerprint density at radius 3 is 2.76 bits per heavy atom. The van der Waals surface area contributed by atoms with Crippen LogP contribution in [-0.4, -0.2) is 27.4 Å². The molecule has 0 spiro atoms. The van der Waals surface area contributed by atoms with Crippen LogP contribution >= 0.6 is 0 Å². The van der Waals surface area contributed by atoms with Crippen LogP contribution in [0.25, 0.3) is 0 Å². The molecular formula is C9H11N5O3.